The molecule has 0 aliphatic carbocycles. The SMILES string of the molecule is COc1cccc2c(NC(=O)c3snnc3C)c(C)cnc12. The number of hydrogen-bond acceptors (Lipinski definition) is 6. The number of hydrogen-bond donors (Lipinski definition) is 1. The van der Waals surface area contributed by atoms with E-state index in [0.29, 0.717) is 21.8 Å². The molecule has 6 nitrogen and oxygen atoms in total. The number of pyridine rings is 1. The van der Waals surface area contributed by atoms with Gasteiger partial charge in [-0.15, -0.1) is 5.10 Å². The first-order chi connectivity index (χ1) is 10.6. The van der Waals surface area contributed by atoms with E-state index in [1.54, 1.807) is 20.2 Å². The van der Waals surface area contributed by atoms with Crippen LogP contribution in [0.3, 0.4) is 0 Å². The predicted molar refractivity (Wildman–Crippen MR) is 85.6 cm³/mol. The molecule has 0 radical (unpaired) electrons. The standard InChI is InChI=1S/C15H14N4O2S/c1-8-7-16-13-10(5-4-6-11(13)21-3)12(8)17-15(20)14-9(2)18-19-22-14/h4-7H,1-3H3,(H,16,17,20). The minimum Gasteiger partial charge on any atom is -0.494 e. The van der Waals surface area contributed by atoms with Gasteiger partial charge in [0, 0.05) is 11.6 Å². The number of aryl methyl sites for hydroxylation is 2. The lowest BCUT2D eigenvalue weighted by Gasteiger charge is -2.12. The van der Waals surface area contributed by atoms with Gasteiger partial charge >= 0.3 is 0 Å². The van der Waals surface area contributed by atoms with E-state index in [4.69, 9.17) is 4.74 Å². The number of nitrogens with one attached hydrogen (secondary N) is 1. The van der Waals surface area contributed by atoms with Crippen molar-refractivity contribution in [3.05, 3.63) is 40.5 Å². The number of amides is 1. The summed E-state index contributed by atoms with van der Waals surface area (Å²) in [6, 6.07) is 5.62. The molecule has 0 aliphatic heterocycles. The van der Waals surface area contributed by atoms with Gasteiger partial charge in [-0.25, -0.2) is 0 Å². The Bertz CT molecular complexity index is 860. The number of benzene rings is 1. The average Bonchev–Trinajstić information content (AvgIpc) is 2.95. The Morgan fingerprint density at radius 1 is 1.32 bits per heavy atom. The smallest absolute Gasteiger partial charge is 0.269 e. The lowest BCUT2D eigenvalue weighted by molar-refractivity contribution is 0.103. The maximum absolute atomic E-state index is 12.4. The number of anilines is 1. The fourth-order valence-corrected chi connectivity index (χ4v) is 2.79. The van der Waals surface area contributed by atoms with Gasteiger partial charge in [-0.1, -0.05) is 16.6 Å². The van der Waals surface area contributed by atoms with Crippen molar-refractivity contribution in [2.24, 2.45) is 0 Å². The predicted octanol–water partition coefficient (Wildman–Crippen LogP) is 2.96. The Kier molecular flexibility index (Phi) is 3.72. The summed E-state index contributed by atoms with van der Waals surface area (Å²) >= 11 is 1.08. The molecule has 1 aromatic carbocycles. The first-order valence-corrected chi connectivity index (χ1v) is 7.41. The van der Waals surface area contributed by atoms with Gasteiger partial charge in [-0.2, -0.15) is 0 Å². The zero-order chi connectivity index (χ0) is 15.7. The van der Waals surface area contributed by atoms with Crippen molar-refractivity contribution in [1.29, 1.82) is 0 Å². The quantitative estimate of drug-likeness (QED) is 0.804. The van der Waals surface area contributed by atoms with Gasteiger partial charge in [-0.05, 0) is 37.0 Å². The van der Waals surface area contributed by atoms with E-state index in [0.717, 1.165) is 28.2 Å². The summed E-state index contributed by atoms with van der Waals surface area (Å²) in [6.07, 6.45) is 1.72. The first kappa shape index (κ1) is 14.4. The van der Waals surface area contributed by atoms with E-state index in [9.17, 15) is 4.79 Å². The zero-order valence-electron chi connectivity index (χ0n) is 12.4. The monoisotopic (exact) mass is 314 g/mol. The number of fused-ring (bicyclic) bond motifs is 1. The lowest BCUT2D eigenvalue weighted by atomic mass is 10.1. The molecule has 22 heavy (non-hydrogen) atoms. The largest absolute Gasteiger partial charge is 0.494 e. The highest BCUT2D eigenvalue weighted by molar-refractivity contribution is 7.08. The molecular formula is C15H14N4O2S. The molecule has 2 heterocycles. The molecule has 0 unspecified atom stereocenters. The number of methoxy groups -OCH3 is 1. The maximum Gasteiger partial charge on any atom is 0.269 e. The Hall–Kier alpha value is -2.54. The van der Waals surface area contributed by atoms with Crippen LogP contribution in [0.5, 0.6) is 5.75 Å². The molecule has 3 rings (SSSR count). The van der Waals surface area contributed by atoms with Crippen LogP contribution in [0.25, 0.3) is 10.9 Å². The molecule has 112 valence electrons. The van der Waals surface area contributed by atoms with Crippen LogP contribution in [-0.4, -0.2) is 27.6 Å². The van der Waals surface area contributed by atoms with Gasteiger partial charge < -0.3 is 10.1 Å². The maximum atomic E-state index is 12.4. The second-order valence-corrected chi connectivity index (χ2v) is 5.57. The van der Waals surface area contributed by atoms with Crippen molar-refractivity contribution in [2.75, 3.05) is 12.4 Å². The highest BCUT2D eigenvalue weighted by atomic mass is 32.1. The molecule has 7 heteroatoms. The van der Waals surface area contributed by atoms with E-state index in [1.165, 1.54) is 0 Å². The minimum absolute atomic E-state index is 0.217. The first-order valence-electron chi connectivity index (χ1n) is 6.64. The second kappa shape index (κ2) is 5.69. The van der Waals surface area contributed by atoms with Crippen molar-refractivity contribution < 1.29 is 9.53 Å². The van der Waals surface area contributed by atoms with Crippen molar-refractivity contribution in [1.82, 2.24) is 14.6 Å². The van der Waals surface area contributed by atoms with Crippen molar-refractivity contribution in [3.8, 4) is 5.75 Å². The number of carbonyl (C=O) groups excluding carboxylic acids is 1. The van der Waals surface area contributed by atoms with Gasteiger partial charge in [-0.3, -0.25) is 9.78 Å². The highest BCUT2D eigenvalue weighted by Crippen LogP contribution is 2.31. The molecule has 1 amide bonds. The van der Waals surface area contributed by atoms with Crippen LogP contribution in [0.1, 0.15) is 20.9 Å². The summed E-state index contributed by atoms with van der Waals surface area (Å²) in [7, 11) is 1.60. The van der Waals surface area contributed by atoms with E-state index in [1.807, 2.05) is 25.1 Å². The second-order valence-electron chi connectivity index (χ2n) is 4.81. The fourth-order valence-electron chi connectivity index (χ4n) is 2.24. The van der Waals surface area contributed by atoms with Crippen LogP contribution in [-0.2, 0) is 0 Å². The van der Waals surface area contributed by atoms with Crippen molar-refractivity contribution in [3.63, 3.8) is 0 Å². The van der Waals surface area contributed by atoms with Gasteiger partial charge in [0.1, 0.15) is 16.1 Å². The third kappa shape index (κ3) is 2.39. The fraction of sp³-hybridized carbons (Fsp3) is 0.200. The van der Waals surface area contributed by atoms with Crippen molar-refractivity contribution >= 4 is 34.0 Å². The van der Waals surface area contributed by atoms with Crippen LogP contribution >= 0.6 is 11.5 Å². The van der Waals surface area contributed by atoms with Crippen LogP contribution in [0, 0.1) is 13.8 Å². The van der Waals surface area contributed by atoms with Crippen LogP contribution < -0.4 is 10.1 Å². The van der Waals surface area contributed by atoms with E-state index in [-0.39, 0.29) is 5.91 Å². The van der Waals surface area contributed by atoms with Gasteiger partial charge in [0.25, 0.3) is 5.91 Å². The number of aromatic nitrogens is 3. The molecule has 0 saturated carbocycles. The normalized spacial score (nSPS) is 10.7. The summed E-state index contributed by atoms with van der Waals surface area (Å²) in [5.41, 5.74) is 2.94. The lowest BCUT2D eigenvalue weighted by Crippen LogP contribution is -2.13. The Labute approximate surface area is 131 Å². The van der Waals surface area contributed by atoms with Crippen LogP contribution in [0.15, 0.2) is 24.4 Å². The van der Waals surface area contributed by atoms with Crippen LogP contribution in [0.2, 0.25) is 0 Å². The van der Waals surface area contributed by atoms with E-state index in [2.05, 4.69) is 19.9 Å². The molecule has 2 aromatic heterocycles. The zero-order valence-corrected chi connectivity index (χ0v) is 13.2. The van der Waals surface area contributed by atoms with Gasteiger partial charge in [0.05, 0.1) is 18.5 Å². The minimum atomic E-state index is -0.217. The number of nitrogens with zero attached hydrogens (tertiary/aromatic N) is 3. The number of ether oxygens (including phenoxy) is 1. The van der Waals surface area contributed by atoms with Crippen LogP contribution in [0.4, 0.5) is 5.69 Å². The molecule has 3 aromatic rings. The van der Waals surface area contributed by atoms with E-state index >= 15 is 0 Å². The summed E-state index contributed by atoms with van der Waals surface area (Å²) < 4.78 is 9.12. The number of carbonyl (C=O) groups is 1. The summed E-state index contributed by atoms with van der Waals surface area (Å²) in [4.78, 5) is 17.3. The molecule has 0 saturated heterocycles. The van der Waals surface area contributed by atoms with Gasteiger partial charge in [0.15, 0.2) is 0 Å². The molecule has 0 aliphatic rings. The molecule has 0 spiro atoms. The molecule has 0 fully saturated rings. The summed E-state index contributed by atoms with van der Waals surface area (Å²) in [5, 5.41) is 7.65. The molecule has 0 atom stereocenters. The average molecular weight is 314 g/mol. The highest BCUT2D eigenvalue weighted by Gasteiger charge is 2.17. The Balaban J connectivity index is 2.09. The van der Waals surface area contributed by atoms with Crippen molar-refractivity contribution in [2.45, 2.75) is 13.8 Å². The Morgan fingerprint density at radius 3 is 2.82 bits per heavy atom. The summed E-state index contributed by atoms with van der Waals surface area (Å²) in [6.45, 7) is 3.66. The molecule has 0 bridgehead atoms. The third-order valence-corrected chi connectivity index (χ3v) is 4.19. The Morgan fingerprint density at radius 2 is 2.14 bits per heavy atom. The summed E-state index contributed by atoms with van der Waals surface area (Å²) in [5.74, 6) is 0.453. The molecule has 1 N–H and O–H groups in total. The molecular weight excluding hydrogens is 300 g/mol. The number of rotatable bonds is 3. The topological polar surface area (TPSA) is 77.0 Å². The third-order valence-electron chi connectivity index (χ3n) is 3.37. The van der Waals surface area contributed by atoms with Gasteiger partial charge in [0.2, 0.25) is 0 Å². The number of para-hydroxylation sites is 1. The van der Waals surface area contributed by atoms with E-state index < -0.39 is 0 Å².